The number of nitrogens with one attached hydrogen (secondary N) is 2. The Kier molecular flexibility index (Phi) is 12.4. The van der Waals surface area contributed by atoms with Crippen LogP contribution in [0.25, 0.3) is 17.2 Å². The van der Waals surface area contributed by atoms with E-state index in [0.717, 1.165) is 16.7 Å². The van der Waals surface area contributed by atoms with E-state index >= 15 is 0 Å². The zero-order valence-electron chi connectivity index (χ0n) is 26.4. The molecule has 2 amide bonds. The smallest absolute Gasteiger partial charge is 0.266 e. The van der Waals surface area contributed by atoms with Crippen molar-refractivity contribution in [1.29, 1.82) is 0 Å². The molecular formula is C36H34Cl4N2O5S. The molecule has 0 radical (unpaired) electrons. The van der Waals surface area contributed by atoms with E-state index in [9.17, 15) is 18.0 Å². The van der Waals surface area contributed by atoms with E-state index in [1.54, 1.807) is 54.6 Å². The van der Waals surface area contributed by atoms with Crippen LogP contribution in [0, 0.1) is 5.41 Å². The molecule has 0 aliphatic carbocycles. The van der Waals surface area contributed by atoms with Gasteiger partial charge in [0.1, 0.15) is 0 Å². The largest absolute Gasteiger partial charge is 0.351 e. The number of carbonyl (C=O) groups is 2. The molecule has 0 aliphatic rings. The highest BCUT2D eigenvalue weighted by molar-refractivity contribution is 7.85. The highest BCUT2D eigenvalue weighted by atomic mass is 35.5. The summed E-state index contributed by atoms with van der Waals surface area (Å²) in [6.07, 6.45) is 4.42. The number of carbonyl (C=O) groups excluding carboxylic acids is 2. The van der Waals surface area contributed by atoms with Crippen LogP contribution in [0.2, 0.25) is 20.1 Å². The second-order valence-corrected chi connectivity index (χ2v) is 15.5. The van der Waals surface area contributed by atoms with Crippen LogP contribution < -0.4 is 10.6 Å². The molecule has 4 aromatic rings. The number of anilines is 1. The molecule has 0 bridgehead atoms. The molecule has 3 N–H and O–H groups in total. The minimum Gasteiger partial charge on any atom is -0.351 e. The van der Waals surface area contributed by atoms with Crippen molar-refractivity contribution in [2.24, 2.45) is 5.41 Å². The van der Waals surface area contributed by atoms with Gasteiger partial charge in [0.15, 0.2) is 0 Å². The fourth-order valence-corrected chi connectivity index (χ4v) is 6.21. The predicted molar refractivity (Wildman–Crippen MR) is 197 cm³/mol. The van der Waals surface area contributed by atoms with Crippen LogP contribution in [-0.4, -0.2) is 37.1 Å². The lowest BCUT2D eigenvalue weighted by molar-refractivity contribution is -0.117. The average molecular weight is 749 g/mol. The lowest BCUT2D eigenvalue weighted by atomic mass is 9.89. The second kappa shape index (κ2) is 15.9. The molecule has 0 spiro atoms. The summed E-state index contributed by atoms with van der Waals surface area (Å²) in [7, 11) is -4.20. The minimum atomic E-state index is -4.20. The number of hydrogen-bond donors (Lipinski definition) is 3. The van der Waals surface area contributed by atoms with Crippen molar-refractivity contribution in [3.05, 3.63) is 127 Å². The number of amides is 2. The molecule has 4 aromatic carbocycles. The van der Waals surface area contributed by atoms with Crippen molar-refractivity contribution in [1.82, 2.24) is 5.32 Å². The quantitative estimate of drug-likeness (QED) is 0.132. The Labute approximate surface area is 301 Å². The molecule has 4 rings (SSSR count). The summed E-state index contributed by atoms with van der Waals surface area (Å²) in [5.74, 6) is -2.10. The van der Waals surface area contributed by atoms with E-state index in [2.05, 4.69) is 37.5 Å². The average Bonchev–Trinajstić information content (AvgIpc) is 3.00. The van der Waals surface area contributed by atoms with Gasteiger partial charge >= 0.3 is 0 Å². The summed E-state index contributed by atoms with van der Waals surface area (Å²) in [5.41, 5.74) is 4.40. The van der Waals surface area contributed by atoms with Gasteiger partial charge in [-0.1, -0.05) is 122 Å². The SMILES string of the molecule is CC(C)(C)/C=C/c1ccc(C(Cc2ccc(C(=O)NCCS(=O)(=O)O)cc2)C(=O)Nc2c(Cl)cc(-c3ccc(Cl)cc3Cl)cc2Cl)cc1. The van der Waals surface area contributed by atoms with Crippen molar-refractivity contribution < 1.29 is 22.6 Å². The van der Waals surface area contributed by atoms with Gasteiger partial charge in [0, 0.05) is 27.7 Å². The summed E-state index contributed by atoms with van der Waals surface area (Å²) >= 11 is 25.8. The van der Waals surface area contributed by atoms with E-state index in [4.69, 9.17) is 51.0 Å². The Hall–Kier alpha value is -3.37. The van der Waals surface area contributed by atoms with E-state index in [0.29, 0.717) is 26.7 Å². The van der Waals surface area contributed by atoms with Gasteiger partial charge in [0.05, 0.1) is 27.4 Å². The first-order chi connectivity index (χ1) is 22.5. The molecule has 0 heterocycles. The zero-order chi connectivity index (χ0) is 35.2. The number of halogens is 4. The van der Waals surface area contributed by atoms with Crippen LogP contribution in [0.15, 0.2) is 84.9 Å². The van der Waals surface area contributed by atoms with E-state index in [-0.39, 0.29) is 40.0 Å². The van der Waals surface area contributed by atoms with Gasteiger partial charge in [-0.3, -0.25) is 14.1 Å². The van der Waals surface area contributed by atoms with Crippen LogP contribution in [0.5, 0.6) is 0 Å². The number of allylic oxidation sites excluding steroid dienone is 1. The van der Waals surface area contributed by atoms with Crippen molar-refractivity contribution in [2.45, 2.75) is 33.1 Å². The Bertz CT molecular complexity index is 1920. The molecule has 1 atom stereocenters. The molecule has 7 nitrogen and oxygen atoms in total. The van der Waals surface area contributed by atoms with Crippen molar-refractivity contribution in [3.63, 3.8) is 0 Å². The first-order valence-corrected chi connectivity index (χ1v) is 18.0. The van der Waals surface area contributed by atoms with E-state index in [1.165, 1.54) is 0 Å². The zero-order valence-corrected chi connectivity index (χ0v) is 30.2. The van der Waals surface area contributed by atoms with Crippen molar-refractivity contribution in [2.75, 3.05) is 17.6 Å². The predicted octanol–water partition coefficient (Wildman–Crippen LogP) is 9.61. The summed E-state index contributed by atoms with van der Waals surface area (Å²) in [6, 6.07) is 22.7. The van der Waals surface area contributed by atoms with Gasteiger partial charge in [0.2, 0.25) is 5.91 Å². The molecule has 0 saturated carbocycles. The van der Waals surface area contributed by atoms with Gasteiger partial charge in [-0.15, -0.1) is 0 Å². The van der Waals surface area contributed by atoms with Crippen LogP contribution in [0.3, 0.4) is 0 Å². The van der Waals surface area contributed by atoms with E-state index in [1.807, 2.05) is 30.3 Å². The lowest BCUT2D eigenvalue weighted by Gasteiger charge is -2.20. The first-order valence-electron chi connectivity index (χ1n) is 14.9. The monoisotopic (exact) mass is 746 g/mol. The third kappa shape index (κ3) is 10.8. The van der Waals surface area contributed by atoms with Gasteiger partial charge in [0.25, 0.3) is 16.0 Å². The van der Waals surface area contributed by atoms with Crippen molar-refractivity contribution >= 4 is 80.1 Å². The molecule has 252 valence electrons. The third-order valence-electron chi connectivity index (χ3n) is 7.27. The highest BCUT2D eigenvalue weighted by Crippen LogP contribution is 2.39. The fraction of sp³-hybridized carbons (Fsp3) is 0.222. The molecule has 0 aliphatic heterocycles. The fourth-order valence-electron chi connectivity index (χ4n) is 4.75. The Morgan fingerprint density at radius 2 is 1.48 bits per heavy atom. The number of hydrogen-bond acceptors (Lipinski definition) is 4. The maximum Gasteiger partial charge on any atom is 0.266 e. The first kappa shape index (κ1) is 37.4. The standard InChI is InChI=1S/C36H34Cl4N2O5S/c1-36(2,3)15-14-22-4-8-24(9-5-22)29(18-23-6-10-25(11-7-23)34(43)41-16-17-48(45,46)47)35(44)42-33-31(39)19-26(20-32(33)40)28-13-12-27(37)21-30(28)38/h4-15,19-21,29H,16-18H2,1-3H3,(H,41,43)(H,42,44)(H,45,46,47)/b15-14+. The summed E-state index contributed by atoms with van der Waals surface area (Å²) in [4.78, 5) is 26.4. The molecule has 48 heavy (non-hydrogen) atoms. The Balaban J connectivity index is 1.60. The lowest BCUT2D eigenvalue weighted by Crippen LogP contribution is -2.28. The van der Waals surface area contributed by atoms with Crippen LogP contribution in [-0.2, 0) is 21.3 Å². The van der Waals surface area contributed by atoms with Gasteiger partial charge in [-0.2, -0.15) is 8.42 Å². The molecule has 0 saturated heterocycles. The number of benzene rings is 4. The number of rotatable bonds is 11. The molecule has 1 unspecified atom stereocenters. The molecule has 0 fully saturated rings. The van der Waals surface area contributed by atoms with Gasteiger partial charge < -0.3 is 10.6 Å². The van der Waals surface area contributed by atoms with Crippen LogP contribution in [0.4, 0.5) is 5.69 Å². The van der Waals surface area contributed by atoms with E-state index < -0.39 is 27.7 Å². The van der Waals surface area contributed by atoms with Crippen LogP contribution >= 0.6 is 46.4 Å². The maximum atomic E-state index is 14.0. The summed E-state index contributed by atoms with van der Waals surface area (Å²) < 4.78 is 30.8. The highest BCUT2D eigenvalue weighted by Gasteiger charge is 2.24. The molecule has 0 aromatic heterocycles. The summed E-state index contributed by atoms with van der Waals surface area (Å²) in [5, 5.41) is 6.74. The molecular weight excluding hydrogens is 714 g/mol. The third-order valence-corrected chi connectivity index (χ3v) is 9.13. The van der Waals surface area contributed by atoms with Crippen LogP contribution in [0.1, 0.15) is 53.7 Å². The Morgan fingerprint density at radius 3 is 2.04 bits per heavy atom. The topological polar surface area (TPSA) is 113 Å². The minimum absolute atomic E-state index is 0.00761. The second-order valence-electron chi connectivity index (χ2n) is 12.3. The summed E-state index contributed by atoms with van der Waals surface area (Å²) in [6.45, 7) is 6.10. The molecule has 12 heteroatoms. The van der Waals surface area contributed by atoms with Crippen molar-refractivity contribution in [3.8, 4) is 11.1 Å². The normalized spacial score (nSPS) is 12.6. The maximum absolute atomic E-state index is 14.0. The van der Waals surface area contributed by atoms with Gasteiger partial charge in [-0.05, 0) is 70.5 Å². The van der Waals surface area contributed by atoms with Gasteiger partial charge in [-0.25, -0.2) is 0 Å². The Morgan fingerprint density at radius 1 is 0.854 bits per heavy atom.